The van der Waals surface area contributed by atoms with Crippen molar-refractivity contribution in [1.82, 2.24) is 4.90 Å². The number of rotatable bonds is 4. The van der Waals surface area contributed by atoms with Gasteiger partial charge in [0.05, 0.1) is 12.8 Å². The normalized spacial score (nSPS) is 30.3. The van der Waals surface area contributed by atoms with Crippen molar-refractivity contribution in [3.8, 4) is 5.75 Å². The second-order valence-corrected chi connectivity index (χ2v) is 8.03. The van der Waals surface area contributed by atoms with Gasteiger partial charge in [-0.05, 0) is 49.7 Å². The molecule has 1 saturated heterocycles. The molecule has 4 fully saturated rings. The zero-order chi connectivity index (χ0) is 19.0. The molecule has 0 aromatic heterocycles. The van der Waals surface area contributed by atoms with E-state index in [4.69, 9.17) is 4.74 Å². The fourth-order valence-electron chi connectivity index (χ4n) is 5.41. The van der Waals surface area contributed by atoms with Crippen LogP contribution in [0.4, 0.5) is 5.69 Å². The molecule has 27 heavy (non-hydrogen) atoms. The minimum atomic E-state index is -1.03. The van der Waals surface area contributed by atoms with Crippen LogP contribution < -0.4 is 14.7 Å². The number of nitrogens with zero attached hydrogens (tertiary/aromatic N) is 2. The van der Waals surface area contributed by atoms with Gasteiger partial charge in [-0.1, -0.05) is 12.1 Å². The maximum Gasteiger partial charge on any atom is 0.226 e. The van der Waals surface area contributed by atoms with E-state index in [0.717, 1.165) is 50.2 Å². The van der Waals surface area contributed by atoms with Gasteiger partial charge in [-0.25, -0.2) is 0 Å². The number of methoxy groups -OCH3 is 1. The highest BCUT2D eigenvalue weighted by Gasteiger charge is 2.48. The Bertz CT molecular complexity index is 706. The molecule has 2 bridgehead atoms. The van der Waals surface area contributed by atoms with Crippen LogP contribution in [0.25, 0.3) is 0 Å². The highest BCUT2D eigenvalue weighted by atomic mass is 16.5. The Morgan fingerprint density at radius 3 is 2.15 bits per heavy atom. The molecule has 0 unspecified atom stereocenters. The second kappa shape index (κ2) is 7.41. The summed E-state index contributed by atoms with van der Waals surface area (Å²) in [5, 5.41) is 11.7. The Morgan fingerprint density at radius 2 is 1.56 bits per heavy atom. The van der Waals surface area contributed by atoms with Gasteiger partial charge in [-0.2, -0.15) is 0 Å². The summed E-state index contributed by atoms with van der Waals surface area (Å²) < 4.78 is 5.45. The molecule has 1 heterocycles. The van der Waals surface area contributed by atoms with Gasteiger partial charge >= 0.3 is 0 Å². The van der Waals surface area contributed by atoms with Gasteiger partial charge in [0.15, 0.2) is 0 Å². The van der Waals surface area contributed by atoms with Crippen LogP contribution in [0.2, 0.25) is 0 Å². The summed E-state index contributed by atoms with van der Waals surface area (Å²) in [5.41, 5.74) is 1.04. The van der Waals surface area contributed by atoms with Gasteiger partial charge < -0.3 is 24.4 Å². The van der Waals surface area contributed by atoms with E-state index in [1.54, 1.807) is 7.11 Å². The summed E-state index contributed by atoms with van der Waals surface area (Å²) in [5.74, 6) is -0.841. The first kappa shape index (κ1) is 18.1. The molecule has 4 aliphatic rings. The average Bonchev–Trinajstić information content (AvgIpc) is 2.73. The maximum atomic E-state index is 13.2. The molecule has 3 saturated carbocycles. The van der Waals surface area contributed by atoms with E-state index < -0.39 is 11.9 Å². The van der Waals surface area contributed by atoms with Crippen LogP contribution in [-0.4, -0.2) is 50.1 Å². The number of para-hydroxylation sites is 2. The van der Waals surface area contributed by atoms with E-state index >= 15 is 0 Å². The van der Waals surface area contributed by atoms with E-state index in [-0.39, 0.29) is 23.7 Å². The van der Waals surface area contributed by atoms with Gasteiger partial charge in [0, 0.05) is 44.0 Å². The van der Waals surface area contributed by atoms with Gasteiger partial charge in [-0.3, -0.25) is 4.79 Å². The fourth-order valence-corrected chi connectivity index (χ4v) is 5.41. The predicted octanol–water partition coefficient (Wildman–Crippen LogP) is 1.15. The van der Waals surface area contributed by atoms with Crippen molar-refractivity contribution in [2.75, 3.05) is 38.2 Å². The molecule has 0 N–H and O–H groups in total. The number of ether oxygens (including phenoxy) is 1. The largest absolute Gasteiger partial charge is 0.550 e. The zero-order valence-electron chi connectivity index (χ0n) is 15.8. The van der Waals surface area contributed by atoms with Crippen molar-refractivity contribution in [1.29, 1.82) is 0 Å². The molecular formula is C21H27N2O4-. The Kier molecular flexibility index (Phi) is 4.98. The molecule has 0 radical (unpaired) electrons. The number of aliphatic carboxylic acids is 1. The summed E-state index contributed by atoms with van der Waals surface area (Å²) in [4.78, 5) is 29.1. The van der Waals surface area contributed by atoms with E-state index in [0.29, 0.717) is 13.1 Å². The first-order chi connectivity index (χ1) is 13.1. The third-order valence-electron chi connectivity index (χ3n) is 6.79. The van der Waals surface area contributed by atoms with Crippen LogP contribution >= 0.6 is 0 Å². The molecule has 1 aromatic rings. The van der Waals surface area contributed by atoms with Crippen LogP contribution in [0.5, 0.6) is 5.75 Å². The Hall–Kier alpha value is -2.24. The van der Waals surface area contributed by atoms with E-state index in [9.17, 15) is 14.7 Å². The minimum absolute atomic E-state index is 0.0262. The fraction of sp³-hybridized carbons (Fsp3) is 0.619. The lowest BCUT2D eigenvalue weighted by Gasteiger charge is -2.50. The van der Waals surface area contributed by atoms with Crippen LogP contribution in [0.3, 0.4) is 0 Å². The molecule has 2 atom stereocenters. The second-order valence-electron chi connectivity index (χ2n) is 8.03. The van der Waals surface area contributed by atoms with E-state index in [1.807, 2.05) is 29.2 Å². The van der Waals surface area contributed by atoms with Crippen molar-refractivity contribution < 1.29 is 19.4 Å². The topological polar surface area (TPSA) is 72.9 Å². The first-order valence-corrected chi connectivity index (χ1v) is 9.97. The van der Waals surface area contributed by atoms with Crippen LogP contribution in [0, 0.1) is 23.7 Å². The number of piperazine rings is 1. The first-order valence-electron chi connectivity index (χ1n) is 9.97. The smallest absolute Gasteiger partial charge is 0.226 e. The Labute approximate surface area is 160 Å². The molecule has 1 aromatic carbocycles. The summed E-state index contributed by atoms with van der Waals surface area (Å²) in [7, 11) is 1.66. The molecule has 3 aliphatic carbocycles. The highest BCUT2D eigenvalue weighted by Crippen LogP contribution is 2.49. The zero-order valence-corrected chi connectivity index (χ0v) is 15.8. The van der Waals surface area contributed by atoms with Gasteiger partial charge in [0.1, 0.15) is 5.75 Å². The Morgan fingerprint density at radius 1 is 0.963 bits per heavy atom. The van der Waals surface area contributed by atoms with Crippen molar-refractivity contribution in [3.63, 3.8) is 0 Å². The Balaban J connectivity index is 1.45. The quantitative estimate of drug-likeness (QED) is 0.794. The average molecular weight is 371 g/mol. The van der Waals surface area contributed by atoms with Gasteiger partial charge in [-0.15, -0.1) is 0 Å². The lowest BCUT2D eigenvalue weighted by molar-refractivity contribution is -0.318. The van der Waals surface area contributed by atoms with Gasteiger partial charge in [0.25, 0.3) is 0 Å². The molecule has 6 heteroatoms. The highest BCUT2D eigenvalue weighted by molar-refractivity contribution is 5.85. The monoisotopic (exact) mass is 371 g/mol. The number of carbonyl (C=O) groups is 2. The number of carbonyl (C=O) groups excluding carboxylic acids is 2. The van der Waals surface area contributed by atoms with E-state index in [1.165, 1.54) is 0 Å². The van der Waals surface area contributed by atoms with Crippen LogP contribution in [0.15, 0.2) is 24.3 Å². The summed E-state index contributed by atoms with van der Waals surface area (Å²) in [6, 6.07) is 7.90. The molecular weight excluding hydrogens is 344 g/mol. The molecule has 1 aliphatic heterocycles. The van der Waals surface area contributed by atoms with Crippen molar-refractivity contribution in [2.45, 2.75) is 25.7 Å². The maximum absolute atomic E-state index is 13.2. The third-order valence-corrected chi connectivity index (χ3v) is 6.79. The predicted molar refractivity (Wildman–Crippen MR) is 99.2 cm³/mol. The van der Waals surface area contributed by atoms with E-state index in [2.05, 4.69) is 4.90 Å². The lowest BCUT2D eigenvalue weighted by Crippen LogP contribution is -2.57. The SMILES string of the molecule is COc1ccccc1N1CCN(C(=O)[C@@H]2C3CCC(CC3)[C@H]2C(=O)[O-])CC1. The lowest BCUT2D eigenvalue weighted by atomic mass is 9.58. The van der Waals surface area contributed by atoms with Crippen LogP contribution in [0.1, 0.15) is 25.7 Å². The van der Waals surface area contributed by atoms with Crippen molar-refractivity contribution in [2.24, 2.45) is 23.7 Å². The molecule has 6 nitrogen and oxygen atoms in total. The standard InChI is InChI=1S/C21H28N2O4/c1-27-17-5-3-2-4-16(17)22-10-12-23(13-11-22)20(24)18-14-6-8-15(9-7-14)19(18)21(25)26/h2-5,14-15,18-19H,6-13H2,1H3,(H,25,26)/p-1/t14?,15?,18-,19-/m1/s1. The number of fused-ring (bicyclic) bond motifs is 3. The van der Waals surface area contributed by atoms with Crippen molar-refractivity contribution in [3.05, 3.63) is 24.3 Å². The summed E-state index contributed by atoms with van der Waals surface area (Å²) in [6.07, 6.45) is 3.81. The number of carboxylic acids is 1. The molecule has 0 spiro atoms. The minimum Gasteiger partial charge on any atom is -0.550 e. The third kappa shape index (κ3) is 3.26. The van der Waals surface area contributed by atoms with Gasteiger partial charge in [0.2, 0.25) is 5.91 Å². The number of carboxylic acid groups (broad SMARTS) is 1. The number of benzene rings is 1. The molecule has 146 valence electrons. The van der Waals surface area contributed by atoms with Crippen LogP contribution in [-0.2, 0) is 9.59 Å². The van der Waals surface area contributed by atoms with Crippen molar-refractivity contribution >= 4 is 17.6 Å². The number of hydrogen-bond donors (Lipinski definition) is 0. The number of amides is 1. The summed E-state index contributed by atoms with van der Waals surface area (Å²) in [6.45, 7) is 2.68. The molecule has 1 amide bonds. The molecule has 5 rings (SSSR count). The number of anilines is 1. The number of hydrogen-bond acceptors (Lipinski definition) is 5. The summed E-state index contributed by atoms with van der Waals surface area (Å²) >= 11 is 0.